The summed E-state index contributed by atoms with van der Waals surface area (Å²) in [6.45, 7) is 2.57. The second-order valence-corrected chi connectivity index (χ2v) is 6.10. The van der Waals surface area contributed by atoms with E-state index in [0.717, 1.165) is 10.0 Å². The lowest BCUT2D eigenvalue weighted by atomic mass is 9.74. The van der Waals surface area contributed by atoms with Gasteiger partial charge in [0.25, 0.3) is 0 Å². The Morgan fingerprint density at radius 3 is 2.80 bits per heavy atom. The van der Waals surface area contributed by atoms with E-state index in [-0.39, 0.29) is 23.7 Å². The van der Waals surface area contributed by atoms with E-state index >= 15 is 0 Å². The van der Waals surface area contributed by atoms with Crippen LogP contribution in [0.3, 0.4) is 0 Å². The van der Waals surface area contributed by atoms with E-state index in [1.165, 1.54) is 0 Å². The van der Waals surface area contributed by atoms with Crippen molar-refractivity contribution in [1.82, 2.24) is 10.3 Å². The summed E-state index contributed by atoms with van der Waals surface area (Å²) < 4.78 is 0.927. The summed E-state index contributed by atoms with van der Waals surface area (Å²) in [4.78, 5) is 26.6. The van der Waals surface area contributed by atoms with Crippen LogP contribution in [-0.4, -0.2) is 28.5 Å². The van der Waals surface area contributed by atoms with E-state index in [1.54, 1.807) is 12.4 Å². The van der Waals surface area contributed by atoms with Gasteiger partial charge in [0.05, 0.1) is 5.92 Å². The van der Waals surface area contributed by atoms with Crippen LogP contribution in [-0.2, 0) is 9.59 Å². The number of hydrogen-bond donors (Lipinski definition) is 2. The molecule has 1 unspecified atom stereocenters. The Kier molecular flexibility index (Phi) is 4.75. The molecule has 0 spiro atoms. The first-order valence-electron chi connectivity index (χ1n) is 6.59. The number of carboxylic acids is 1. The van der Waals surface area contributed by atoms with Gasteiger partial charge in [-0.3, -0.25) is 14.6 Å². The molecule has 20 heavy (non-hydrogen) atoms. The van der Waals surface area contributed by atoms with Crippen LogP contribution in [0.25, 0.3) is 0 Å². The molecule has 0 aliphatic heterocycles. The summed E-state index contributed by atoms with van der Waals surface area (Å²) in [5, 5.41) is 11.7. The molecular weight excluding hydrogens is 324 g/mol. The first kappa shape index (κ1) is 15.0. The zero-order valence-electron chi connectivity index (χ0n) is 11.2. The van der Waals surface area contributed by atoms with Crippen molar-refractivity contribution in [2.24, 2.45) is 11.8 Å². The normalized spacial score (nSPS) is 22.7. The van der Waals surface area contributed by atoms with Gasteiger partial charge in [-0.05, 0) is 46.3 Å². The van der Waals surface area contributed by atoms with Gasteiger partial charge in [0.2, 0.25) is 5.91 Å². The van der Waals surface area contributed by atoms with Crippen LogP contribution in [0, 0.1) is 11.8 Å². The Bertz CT molecular complexity index is 515. The minimum atomic E-state index is -0.803. The summed E-state index contributed by atoms with van der Waals surface area (Å²) in [6.07, 6.45) is 4.36. The van der Waals surface area contributed by atoms with Crippen LogP contribution >= 0.6 is 15.9 Å². The highest BCUT2D eigenvalue weighted by Crippen LogP contribution is 2.34. The average Bonchev–Trinajstić information content (AvgIpc) is 2.34. The van der Waals surface area contributed by atoms with Crippen LogP contribution in [0.1, 0.15) is 31.2 Å². The minimum Gasteiger partial charge on any atom is -0.481 e. The van der Waals surface area contributed by atoms with E-state index in [1.807, 2.05) is 13.0 Å². The van der Waals surface area contributed by atoms with E-state index in [2.05, 4.69) is 26.2 Å². The summed E-state index contributed by atoms with van der Waals surface area (Å²) >= 11 is 3.44. The molecule has 1 heterocycles. The molecule has 5 nitrogen and oxygen atoms in total. The van der Waals surface area contributed by atoms with Crippen molar-refractivity contribution in [2.75, 3.05) is 6.54 Å². The van der Waals surface area contributed by atoms with Gasteiger partial charge >= 0.3 is 5.97 Å². The van der Waals surface area contributed by atoms with E-state index in [4.69, 9.17) is 5.11 Å². The lowest BCUT2D eigenvalue weighted by Gasteiger charge is -2.31. The maximum Gasteiger partial charge on any atom is 0.306 e. The van der Waals surface area contributed by atoms with Gasteiger partial charge in [0.15, 0.2) is 0 Å². The molecule has 1 amide bonds. The predicted octanol–water partition coefficient (Wildman–Crippen LogP) is 2.17. The molecule has 6 heteroatoms. The van der Waals surface area contributed by atoms with Crippen molar-refractivity contribution < 1.29 is 14.7 Å². The van der Waals surface area contributed by atoms with Crippen LogP contribution in [0.4, 0.5) is 0 Å². The Morgan fingerprint density at radius 2 is 2.20 bits per heavy atom. The average molecular weight is 341 g/mol. The smallest absolute Gasteiger partial charge is 0.306 e. The fraction of sp³-hybridized carbons (Fsp3) is 0.500. The van der Waals surface area contributed by atoms with Gasteiger partial charge < -0.3 is 10.4 Å². The molecule has 0 aromatic carbocycles. The summed E-state index contributed by atoms with van der Waals surface area (Å²) in [6, 6.07) is 1.92. The third-order valence-electron chi connectivity index (χ3n) is 3.78. The first-order valence-corrected chi connectivity index (χ1v) is 7.38. The second-order valence-electron chi connectivity index (χ2n) is 5.25. The number of rotatable bonds is 5. The number of aromatic nitrogens is 1. The molecular formula is C14H17BrN2O3. The third kappa shape index (κ3) is 3.36. The number of carbonyl (C=O) groups is 2. The molecule has 0 saturated heterocycles. The number of nitrogens with one attached hydrogen (secondary N) is 1. The number of nitrogens with zero attached hydrogens (tertiary/aromatic N) is 1. The lowest BCUT2D eigenvalue weighted by molar-refractivity contribution is -0.148. The molecule has 1 atom stereocenters. The number of halogens is 1. The molecule has 1 aromatic heterocycles. The summed E-state index contributed by atoms with van der Waals surface area (Å²) in [7, 11) is 0. The molecule has 108 valence electrons. The standard InChI is InChI=1S/C14H17BrN2O3/c1-8(11-2-3-16-7-12(11)15)6-17-13(18)9-4-10(5-9)14(19)20/h2-3,7-10H,4-6H2,1H3,(H,17,18)(H,19,20). The Labute approximate surface area is 125 Å². The molecule has 2 N–H and O–H groups in total. The van der Waals surface area contributed by atoms with Crippen molar-refractivity contribution in [2.45, 2.75) is 25.7 Å². The SMILES string of the molecule is CC(CNC(=O)C1CC(C(=O)O)C1)c1ccncc1Br. The zero-order valence-corrected chi connectivity index (χ0v) is 12.8. The van der Waals surface area contributed by atoms with Crippen molar-refractivity contribution >= 4 is 27.8 Å². The number of hydrogen-bond acceptors (Lipinski definition) is 3. The number of pyridine rings is 1. The van der Waals surface area contributed by atoms with Crippen molar-refractivity contribution in [3.8, 4) is 0 Å². The topological polar surface area (TPSA) is 79.3 Å². The van der Waals surface area contributed by atoms with E-state index in [0.29, 0.717) is 19.4 Å². The van der Waals surface area contributed by atoms with Gasteiger partial charge in [-0.1, -0.05) is 6.92 Å². The van der Waals surface area contributed by atoms with Crippen LogP contribution in [0.2, 0.25) is 0 Å². The van der Waals surface area contributed by atoms with E-state index in [9.17, 15) is 9.59 Å². The molecule has 1 aromatic rings. The maximum atomic E-state index is 11.9. The summed E-state index contributed by atoms with van der Waals surface area (Å²) in [5.74, 6) is -1.17. The highest BCUT2D eigenvalue weighted by molar-refractivity contribution is 9.10. The van der Waals surface area contributed by atoms with Crippen LogP contribution < -0.4 is 5.32 Å². The van der Waals surface area contributed by atoms with Gasteiger partial charge in [0, 0.05) is 29.3 Å². The minimum absolute atomic E-state index is 0.0421. The van der Waals surface area contributed by atoms with Crippen LogP contribution in [0.5, 0.6) is 0 Å². The molecule has 0 radical (unpaired) electrons. The maximum absolute atomic E-state index is 11.9. The molecule has 1 aliphatic carbocycles. The first-order chi connectivity index (χ1) is 9.49. The monoisotopic (exact) mass is 340 g/mol. The van der Waals surface area contributed by atoms with Gasteiger partial charge in [-0.2, -0.15) is 0 Å². The quantitative estimate of drug-likeness (QED) is 0.860. The van der Waals surface area contributed by atoms with Crippen molar-refractivity contribution in [3.05, 3.63) is 28.5 Å². The third-order valence-corrected chi connectivity index (χ3v) is 4.44. The largest absolute Gasteiger partial charge is 0.481 e. The van der Waals surface area contributed by atoms with Gasteiger partial charge in [-0.25, -0.2) is 0 Å². The number of amides is 1. The fourth-order valence-electron chi connectivity index (χ4n) is 2.33. The Hall–Kier alpha value is -1.43. The lowest BCUT2D eigenvalue weighted by Crippen LogP contribution is -2.42. The number of carbonyl (C=O) groups excluding carboxylic acids is 1. The van der Waals surface area contributed by atoms with Crippen molar-refractivity contribution in [3.63, 3.8) is 0 Å². The fourth-order valence-corrected chi connectivity index (χ4v) is 2.97. The van der Waals surface area contributed by atoms with Crippen LogP contribution in [0.15, 0.2) is 22.9 Å². The van der Waals surface area contributed by atoms with Gasteiger partial charge in [-0.15, -0.1) is 0 Å². The second kappa shape index (κ2) is 6.35. The molecule has 2 rings (SSSR count). The molecule has 0 bridgehead atoms. The number of aliphatic carboxylic acids is 1. The van der Waals surface area contributed by atoms with E-state index < -0.39 is 5.97 Å². The number of carboxylic acid groups (broad SMARTS) is 1. The molecule has 1 saturated carbocycles. The zero-order chi connectivity index (χ0) is 14.7. The summed E-state index contributed by atoms with van der Waals surface area (Å²) in [5.41, 5.74) is 1.09. The van der Waals surface area contributed by atoms with Gasteiger partial charge in [0.1, 0.15) is 0 Å². The highest BCUT2D eigenvalue weighted by Gasteiger charge is 2.38. The Balaban J connectivity index is 1.80. The predicted molar refractivity (Wildman–Crippen MR) is 77.2 cm³/mol. The van der Waals surface area contributed by atoms with Crippen molar-refractivity contribution in [1.29, 1.82) is 0 Å². The molecule has 1 fully saturated rings. The Morgan fingerprint density at radius 1 is 1.50 bits per heavy atom. The molecule has 1 aliphatic rings. The highest BCUT2D eigenvalue weighted by atomic mass is 79.9.